The zero-order chi connectivity index (χ0) is 31.3. The highest BCUT2D eigenvalue weighted by Gasteiger charge is 2.29. The molecule has 2 fully saturated rings. The molecular weight excluding hydrogens is 584 g/mol. The van der Waals surface area contributed by atoms with E-state index in [0.717, 1.165) is 36.8 Å². The minimum atomic E-state index is -3.76. The van der Waals surface area contributed by atoms with Crippen LogP contribution < -0.4 is 9.47 Å². The van der Waals surface area contributed by atoms with Gasteiger partial charge in [0.15, 0.2) is 0 Å². The summed E-state index contributed by atoms with van der Waals surface area (Å²) in [5, 5.41) is 20.9. The van der Waals surface area contributed by atoms with Crippen LogP contribution in [0.25, 0.3) is 0 Å². The van der Waals surface area contributed by atoms with Crippen LogP contribution in [0.4, 0.5) is 0 Å². The Morgan fingerprint density at radius 1 is 0.533 bits per heavy atom. The van der Waals surface area contributed by atoms with Gasteiger partial charge in [-0.05, 0) is 142 Å². The third kappa shape index (κ3) is 7.59. The highest BCUT2D eigenvalue weighted by atomic mass is 32.2. The molecule has 0 saturated heterocycles. The second-order valence-electron chi connectivity index (χ2n) is 11.7. The summed E-state index contributed by atoms with van der Waals surface area (Å²) in [5.41, 5.74) is -0.261. The van der Waals surface area contributed by atoms with Gasteiger partial charge in [-0.3, -0.25) is 0 Å². The van der Waals surface area contributed by atoms with Gasteiger partial charge < -0.3 is 19.7 Å². The smallest absolute Gasteiger partial charge is 0.206 e. The van der Waals surface area contributed by atoms with E-state index >= 15 is 0 Å². The maximum Gasteiger partial charge on any atom is 0.206 e. The molecule has 0 aromatic heterocycles. The fraction of sp³-hybridized carbons (Fsp3) is 0.263. The van der Waals surface area contributed by atoms with E-state index < -0.39 is 21.0 Å². The van der Waals surface area contributed by atoms with Crippen LogP contribution in [0, 0.1) is 23.7 Å². The van der Waals surface area contributed by atoms with Gasteiger partial charge in [-0.1, -0.05) is 29.7 Å². The molecule has 2 saturated carbocycles. The molecule has 6 nitrogen and oxygen atoms in total. The first-order valence-electron chi connectivity index (χ1n) is 15.2. The van der Waals surface area contributed by atoms with Gasteiger partial charge in [0.05, 0.1) is 9.79 Å². The van der Waals surface area contributed by atoms with Gasteiger partial charge in [0, 0.05) is 11.1 Å². The number of hydrogen-bond acceptors (Lipinski definition) is 6. The maximum absolute atomic E-state index is 13.3. The standard InChI is InChI=1S/C38H34O6S/c39-37(22-1-2-23-37)26-20-29-8-10-31(11-9-29)43-32-12-16-35(17-13-32)45(41,42)36-18-14-33(15-19-36)44-34-7-5-6-30(28-34)21-27-38(40)24-3-4-25-38/h5-19,28,39-40H,1-4,22-25H2. The Bertz CT molecular complexity index is 1880. The van der Waals surface area contributed by atoms with E-state index in [1.165, 1.54) is 24.3 Å². The van der Waals surface area contributed by atoms with Crippen molar-refractivity contribution in [3.8, 4) is 46.7 Å². The third-order valence-corrected chi connectivity index (χ3v) is 9.95. The molecule has 6 rings (SSSR count). The fourth-order valence-corrected chi connectivity index (χ4v) is 6.83. The van der Waals surface area contributed by atoms with E-state index in [2.05, 4.69) is 23.7 Å². The predicted molar refractivity (Wildman–Crippen MR) is 172 cm³/mol. The van der Waals surface area contributed by atoms with Crippen molar-refractivity contribution < 1.29 is 28.1 Å². The molecule has 4 aromatic rings. The first-order valence-corrected chi connectivity index (χ1v) is 16.7. The Morgan fingerprint density at radius 3 is 1.44 bits per heavy atom. The van der Waals surface area contributed by atoms with Gasteiger partial charge in [-0.15, -0.1) is 0 Å². The van der Waals surface area contributed by atoms with E-state index in [-0.39, 0.29) is 9.79 Å². The van der Waals surface area contributed by atoms with Crippen LogP contribution in [0.2, 0.25) is 0 Å². The van der Waals surface area contributed by atoms with E-state index in [9.17, 15) is 18.6 Å². The number of benzene rings is 4. The number of hydrogen-bond donors (Lipinski definition) is 2. The maximum atomic E-state index is 13.3. The molecule has 7 heteroatoms. The van der Waals surface area contributed by atoms with Crippen LogP contribution in [0.15, 0.2) is 107 Å². The summed E-state index contributed by atoms with van der Waals surface area (Å²) in [4.78, 5) is 0.293. The van der Waals surface area contributed by atoms with Gasteiger partial charge in [0.1, 0.15) is 34.2 Å². The molecule has 2 aliphatic rings. The van der Waals surface area contributed by atoms with Gasteiger partial charge in [-0.25, -0.2) is 8.42 Å². The summed E-state index contributed by atoms with van der Waals surface area (Å²) < 4.78 is 38.4. The van der Waals surface area contributed by atoms with Crippen LogP contribution >= 0.6 is 0 Å². The Kier molecular flexibility index (Phi) is 8.70. The fourth-order valence-electron chi connectivity index (χ4n) is 5.57. The van der Waals surface area contributed by atoms with Crippen LogP contribution in [0.5, 0.6) is 23.0 Å². The van der Waals surface area contributed by atoms with Gasteiger partial charge >= 0.3 is 0 Å². The molecule has 0 spiro atoms. The number of ether oxygens (including phenoxy) is 2. The molecule has 0 radical (unpaired) electrons. The van der Waals surface area contributed by atoms with E-state index in [0.29, 0.717) is 48.7 Å². The minimum Gasteiger partial charge on any atom is -0.457 e. The summed E-state index contributed by atoms with van der Waals surface area (Å²) in [6.45, 7) is 0. The molecule has 0 unspecified atom stereocenters. The van der Waals surface area contributed by atoms with Crippen molar-refractivity contribution in [1.29, 1.82) is 0 Å². The molecule has 0 heterocycles. The first kappa shape index (κ1) is 30.5. The molecule has 2 N–H and O–H groups in total. The average molecular weight is 619 g/mol. The quantitative estimate of drug-likeness (QED) is 0.219. The normalized spacial score (nSPS) is 16.6. The molecular formula is C38H34O6S. The number of rotatable bonds is 6. The highest BCUT2D eigenvalue weighted by molar-refractivity contribution is 7.91. The Morgan fingerprint density at radius 2 is 0.956 bits per heavy atom. The molecule has 4 aromatic carbocycles. The van der Waals surface area contributed by atoms with Crippen LogP contribution in [0.1, 0.15) is 62.5 Å². The molecule has 2 aliphatic carbocycles. The second kappa shape index (κ2) is 12.8. The lowest BCUT2D eigenvalue weighted by Gasteiger charge is -2.13. The van der Waals surface area contributed by atoms with Gasteiger partial charge in [0.2, 0.25) is 9.84 Å². The van der Waals surface area contributed by atoms with E-state index in [1.54, 1.807) is 48.5 Å². The molecule has 45 heavy (non-hydrogen) atoms. The van der Waals surface area contributed by atoms with Crippen molar-refractivity contribution in [1.82, 2.24) is 0 Å². The third-order valence-electron chi connectivity index (χ3n) is 8.17. The van der Waals surface area contributed by atoms with Crippen molar-refractivity contribution in [3.05, 3.63) is 108 Å². The first-order chi connectivity index (χ1) is 21.7. The average Bonchev–Trinajstić information content (AvgIpc) is 3.69. The SMILES string of the molecule is O=S(=O)(c1ccc(Oc2ccc(C#CC3(O)CCCC3)cc2)cc1)c1ccc(Oc2cccc(C#CC3(O)CCCC3)c2)cc1. The summed E-state index contributed by atoms with van der Waals surface area (Å²) in [7, 11) is -3.76. The summed E-state index contributed by atoms with van der Waals surface area (Å²) in [6, 6.07) is 27.1. The second-order valence-corrected chi connectivity index (χ2v) is 13.6. The van der Waals surface area contributed by atoms with Crippen LogP contribution in [-0.2, 0) is 9.84 Å². The zero-order valence-corrected chi connectivity index (χ0v) is 25.6. The molecule has 0 bridgehead atoms. The van der Waals surface area contributed by atoms with Crippen molar-refractivity contribution in [3.63, 3.8) is 0 Å². The number of aliphatic hydroxyl groups is 2. The minimum absolute atomic E-state index is 0.145. The van der Waals surface area contributed by atoms with Gasteiger partial charge in [0.25, 0.3) is 0 Å². The lowest BCUT2D eigenvalue weighted by atomic mass is 10.0. The van der Waals surface area contributed by atoms with Crippen molar-refractivity contribution in [2.75, 3.05) is 0 Å². The highest BCUT2D eigenvalue weighted by Crippen LogP contribution is 2.31. The summed E-state index contributed by atoms with van der Waals surface area (Å²) in [5.74, 6) is 14.2. The van der Waals surface area contributed by atoms with Gasteiger partial charge in [-0.2, -0.15) is 0 Å². The zero-order valence-electron chi connectivity index (χ0n) is 24.8. The van der Waals surface area contributed by atoms with Crippen LogP contribution in [0.3, 0.4) is 0 Å². The monoisotopic (exact) mass is 618 g/mol. The van der Waals surface area contributed by atoms with E-state index in [4.69, 9.17) is 9.47 Å². The van der Waals surface area contributed by atoms with Crippen molar-refractivity contribution >= 4 is 9.84 Å². The Labute approximate surface area is 264 Å². The molecule has 0 aliphatic heterocycles. The van der Waals surface area contributed by atoms with Crippen molar-refractivity contribution in [2.45, 2.75) is 72.4 Å². The van der Waals surface area contributed by atoms with Crippen molar-refractivity contribution in [2.24, 2.45) is 0 Å². The lowest BCUT2D eigenvalue weighted by molar-refractivity contribution is 0.109. The van der Waals surface area contributed by atoms with Crippen LogP contribution in [-0.4, -0.2) is 29.8 Å². The van der Waals surface area contributed by atoms with E-state index in [1.807, 2.05) is 24.3 Å². The molecule has 0 amide bonds. The Balaban J connectivity index is 1.07. The Hall–Kier alpha value is -4.53. The predicted octanol–water partition coefficient (Wildman–Crippen LogP) is 7.42. The summed E-state index contributed by atoms with van der Waals surface area (Å²) >= 11 is 0. The number of sulfone groups is 1. The molecule has 0 atom stereocenters. The molecule has 228 valence electrons. The largest absolute Gasteiger partial charge is 0.457 e. The lowest BCUT2D eigenvalue weighted by Crippen LogP contribution is -2.20. The topological polar surface area (TPSA) is 93.1 Å². The summed E-state index contributed by atoms with van der Waals surface area (Å²) in [6.07, 6.45) is 6.79.